The molecule has 0 radical (unpaired) electrons. The lowest BCUT2D eigenvalue weighted by Crippen LogP contribution is -2.45. The first-order valence-electron chi connectivity index (χ1n) is 5.25. The van der Waals surface area contributed by atoms with E-state index in [1.807, 2.05) is 0 Å². The van der Waals surface area contributed by atoms with Gasteiger partial charge in [0.25, 0.3) is 0 Å². The van der Waals surface area contributed by atoms with Crippen LogP contribution in [0.4, 0.5) is 0 Å². The van der Waals surface area contributed by atoms with E-state index in [1.165, 1.54) is 12.8 Å². The summed E-state index contributed by atoms with van der Waals surface area (Å²) in [5.41, 5.74) is 0.449. The Bertz CT molecular complexity index is 160. The molecule has 0 saturated heterocycles. The second-order valence-corrected chi connectivity index (χ2v) is 6.68. The smallest absolute Gasteiger partial charge is 0.0446 e. The van der Waals surface area contributed by atoms with Gasteiger partial charge in [0.05, 0.1) is 0 Å². The Morgan fingerprint density at radius 3 is 1.54 bits per heavy atom. The van der Waals surface area contributed by atoms with Gasteiger partial charge in [0.1, 0.15) is 0 Å². The van der Waals surface area contributed by atoms with E-state index in [2.05, 4.69) is 48.5 Å². The van der Waals surface area contributed by atoms with Crippen molar-refractivity contribution < 1.29 is 0 Å². The van der Waals surface area contributed by atoms with Gasteiger partial charge >= 0.3 is 0 Å². The van der Waals surface area contributed by atoms with Crippen LogP contribution in [0.1, 0.15) is 61.3 Å². The van der Waals surface area contributed by atoms with Gasteiger partial charge in [-0.3, -0.25) is 0 Å². The third-order valence-corrected chi connectivity index (χ3v) is 4.53. The monoisotopic (exact) mass is 204 g/mol. The molecule has 0 saturated carbocycles. The highest BCUT2D eigenvalue weighted by atomic mass is 35.5. The Hall–Kier alpha value is 0.290. The number of alkyl halides is 1. The molecule has 0 atom stereocenters. The lowest BCUT2D eigenvalue weighted by molar-refractivity contribution is 0.0612. The van der Waals surface area contributed by atoms with Crippen molar-refractivity contribution in [2.24, 2.45) is 10.8 Å². The number of hydrogen-bond acceptors (Lipinski definition) is 0. The van der Waals surface area contributed by atoms with Crippen LogP contribution >= 0.6 is 11.6 Å². The van der Waals surface area contributed by atoms with Crippen LogP contribution in [-0.4, -0.2) is 4.87 Å². The van der Waals surface area contributed by atoms with Crippen LogP contribution in [-0.2, 0) is 0 Å². The fourth-order valence-corrected chi connectivity index (χ4v) is 2.00. The molecule has 0 aromatic carbocycles. The first kappa shape index (κ1) is 13.3. The van der Waals surface area contributed by atoms with Gasteiger partial charge in [0, 0.05) is 4.87 Å². The van der Waals surface area contributed by atoms with Gasteiger partial charge in [0.2, 0.25) is 0 Å². The van der Waals surface area contributed by atoms with Crippen molar-refractivity contribution in [1.82, 2.24) is 0 Å². The van der Waals surface area contributed by atoms with Crippen molar-refractivity contribution in [3.05, 3.63) is 0 Å². The Labute approximate surface area is 89.1 Å². The average Bonchev–Trinajstić information content (AvgIpc) is 1.84. The molecule has 0 aliphatic heterocycles. The van der Waals surface area contributed by atoms with Crippen molar-refractivity contribution in [1.29, 1.82) is 0 Å². The highest BCUT2D eigenvalue weighted by Crippen LogP contribution is 2.51. The van der Waals surface area contributed by atoms with E-state index < -0.39 is 0 Å². The van der Waals surface area contributed by atoms with Crippen LogP contribution in [0.2, 0.25) is 0 Å². The minimum atomic E-state index is -0.147. The summed E-state index contributed by atoms with van der Waals surface area (Å²) in [5, 5.41) is 0. The fourth-order valence-electron chi connectivity index (χ4n) is 1.74. The molecule has 13 heavy (non-hydrogen) atoms. The fraction of sp³-hybridized carbons (Fsp3) is 1.00. The van der Waals surface area contributed by atoms with Crippen LogP contribution in [0.15, 0.2) is 0 Å². The molecule has 0 aromatic heterocycles. The number of rotatable bonds is 4. The van der Waals surface area contributed by atoms with Crippen LogP contribution < -0.4 is 0 Å². The predicted octanol–water partition coefficient (Wildman–Crippen LogP) is 4.86. The van der Waals surface area contributed by atoms with Crippen molar-refractivity contribution in [3.8, 4) is 0 Å². The highest BCUT2D eigenvalue weighted by Gasteiger charge is 2.46. The zero-order chi connectivity index (χ0) is 10.9. The minimum absolute atomic E-state index is 0.147. The van der Waals surface area contributed by atoms with E-state index >= 15 is 0 Å². The van der Waals surface area contributed by atoms with E-state index in [0.29, 0.717) is 5.41 Å². The average molecular weight is 205 g/mol. The predicted molar refractivity (Wildman–Crippen MR) is 62.4 cm³/mol. The molecule has 0 aliphatic carbocycles. The molecule has 0 aromatic rings. The summed E-state index contributed by atoms with van der Waals surface area (Å²) in [4.78, 5) is -0.147. The van der Waals surface area contributed by atoms with Gasteiger partial charge in [-0.2, -0.15) is 0 Å². The first-order valence-corrected chi connectivity index (χ1v) is 5.63. The Balaban J connectivity index is 4.81. The van der Waals surface area contributed by atoms with Crippen LogP contribution in [0.25, 0.3) is 0 Å². The summed E-state index contributed by atoms with van der Waals surface area (Å²) >= 11 is 6.45. The molecular weight excluding hydrogens is 180 g/mol. The molecule has 0 heterocycles. The van der Waals surface area contributed by atoms with Gasteiger partial charge in [0.15, 0.2) is 0 Å². The largest absolute Gasteiger partial charge is 0.119 e. The van der Waals surface area contributed by atoms with Gasteiger partial charge in [-0.15, -0.1) is 11.6 Å². The summed E-state index contributed by atoms with van der Waals surface area (Å²) in [6.07, 6.45) is 2.46. The molecular formula is C12H25Cl. The second kappa shape index (κ2) is 3.81. The lowest BCUT2D eigenvalue weighted by atomic mass is 9.60. The molecule has 1 heteroatoms. The second-order valence-electron chi connectivity index (χ2n) is 5.73. The van der Waals surface area contributed by atoms with Crippen molar-refractivity contribution in [2.75, 3.05) is 0 Å². The maximum absolute atomic E-state index is 6.45. The quantitative estimate of drug-likeness (QED) is 0.574. The third kappa shape index (κ3) is 2.62. The summed E-state index contributed by atoms with van der Waals surface area (Å²) in [5.74, 6) is 0. The van der Waals surface area contributed by atoms with Gasteiger partial charge in [-0.25, -0.2) is 0 Å². The minimum Gasteiger partial charge on any atom is -0.119 e. The van der Waals surface area contributed by atoms with Gasteiger partial charge < -0.3 is 0 Å². The Morgan fingerprint density at radius 2 is 1.31 bits per heavy atom. The molecule has 0 N–H and O–H groups in total. The van der Waals surface area contributed by atoms with Crippen molar-refractivity contribution in [3.63, 3.8) is 0 Å². The summed E-state index contributed by atoms with van der Waals surface area (Å²) in [7, 11) is 0. The van der Waals surface area contributed by atoms with E-state index in [1.54, 1.807) is 0 Å². The lowest BCUT2D eigenvalue weighted by Gasteiger charge is -2.49. The highest BCUT2D eigenvalue weighted by molar-refractivity contribution is 6.23. The van der Waals surface area contributed by atoms with E-state index in [9.17, 15) is 0 Å². The molecule has 0 rings (SSSR count). The molecule has 0 fully saturated rings. The van der Waals surface area contributed by atoms with Crippen molar-refractivity contribution >= 4 is 11.6 Å². The first-order chi connectivity index (χ1) is 5.56. The van der Waals surface area contributed by atoms with E-state index in [0.717, 1.165) is 0 Å². The normalized spacial score (nSPS) is 14.8. The molecule has 0 aliphatic rings. The molecule has 0 bridgehead atoms. The molecule has 80 valence electrons. The van der Waals surface area contributed by atoms with Crippen molar-refractivity contribution in [2.45, 2.75) is 66.2 Å². The standard InChI is InChI=1S/C12H25Cl/c1-8-9-10(2,3)11(4,5)12(6,7)13/h8-9H2,1-7H3. The zero-order valence-electron chi connectivity index (χ0n) is 10.3. The van der Waals surface area contributed by atoms with Gasteiger partial charge in [-0.05, 0) is 31.1 Å². The van der Waals surface area contributed by atoms with E-state index in [-0.39, 0.29) is 10.3 Å². The van der Waals surface area contributed by atoms with E-state index in [4.69, 9.17) is 11.6 Å². The van der Waals surface area contributed by atoms with Crippen LogP contribution in [0.3, 0.4) is 0 Å². The molecule has 0 nitrogen and oxygen atoms in total. The summed E-state index contributed by atoms with van der Waals surface area (Å²) < 4.78 is 0. The molecule has 0 unspecified atom stereocenters. The Morgan fingerprint density at radius 1 is 0.923 bits per heavy atom. The third-order valence-electron chi connectivity index (χ3n) is 4.05. The van der Waals surface area contributed by atoms with Gasteiger partial charge in [-0.1, -0.05) is 41.0 Å². The zero-order valence-corrected chi connectivity index (χ0v) is 11.0. The summed E-state index contributed by atoms with van der Waals surface area (Å²) in [6, 6.07) is 0. The molecule has 0 amide bonds. The maximum atomic E-state index is 6.45. The maximum Gasteiger partial charge on any atom is 0.0446 e. The number of halogens is 1. The summed E-state index contributed by atoms with van der Waals surface area (Å²) in [6.45, 7) is 15.7. The van der Waals surface area contributed by atoms with Crippen LogP contribution in [0, 0.1) is 10.8 Å². The topological polar surface area (TPSA) is 0 Å². The number of hydrogen-bond donors (Lipinski definition) is 0. The Kier molecular flexibility index (Phi) is 3.89. The molecule has 0 spiro atoms. The van der Waals surface area contributed by atoms with Crippen LogP contribution in [0.5, 0.6) is 0 Å². The SMILES string of the molecule is CCCC(C)(C)C(C)(C)C(C)(C)Cl.